The molecule has 0 saturated carbocycles. The highest BCUT2D eigenvalue weighted by molar-refractivity contribution is 5.92. The highest BCUT2D eigenvalue weighted by Crippen LogP contribution is 2.07. The summed E-state index contributed by atoms with van der Waals surface area (Å²) in [5.41, 5.74) is 1.14. The summed E-state index contributed by atoms with van der Waals surface area (Å²) in [6, 6.07) is 1.65. The first kappa shape index (κ1) is 13.2. The van der Waals surface area contributed by atoms with Crippen LogP contribution in [0.25, 0.3) is 0 Å². The number of aromatic amines is 1. The second-order valence-electron chi connectivity index (χ2n) is 4.02. The van der Waals surface area contributed by atoms with Gasteiger partial charge in [-0.05, 0) is 18.9 Å². The molecule has 0 aliphatic carbocycles. The Morgan fingerprint density at radius 2 is 2.29 bits per heavy atom. The summed E-state index contributed by atoms with van der Waals surface area (Å²) in [4.78, 5) is 22.2. The van der Waals surface area contributed by atoms with Gasteiger partial charge >= 0.3 is 5.97 Å². The molecule has 6 heteroatoms. The molecular weight excluding hydrogens is 222 g/mol. The Bertz CT molecular complexity index is 400. The number of nitrogens with one attached hydrogen (secondary N) is 2. The first-order chi connectivity index (χ1) is 8.02. The molecule has 1 aromatic rings. The van der Waals surface area contributed by atoms with Crippen LogP contribution in [0.5, 0.6) is 0 Å². The number of aliphatic carboxylic acids is 1. The molecule has 0 spiro atoms. The molecule has 17 heavy (non-hydrogen) atoms. The van der Waals surface area contributed by atoms with Crippen molar-refractivity contribution in [2.75, 3.05) is 6.54 Å². The second kappa shape index (κ2) is 6.03. The third-order valence-electron chi connectivity index (χ3n) is 2.53. The molecule has 0 fully saturated rings. The van der Waals surface area contributed by atoms with E-state index in [0.29, 0.717) is 18.7 Å². The normalized spacial score (nSPS) is 12.1. The molecule has 1 amide bonds. The van der Waals surface area contributed by atoms with Gasteiger partial charge in [-0.15, -0.1) is 0 Å². The molecule has 0 saturated heterocycles. The summed E-state index contributed by atoms with van der Waals surface area (Å²) in [5, 5.41) is 17.9. The average molecular weight is 239 g/mol. The van der Waals surface area contributed by atoms with Gasteiger partial charge in [0.25, 0.3) is 5.91 Å². The standard InChI is InChI=1S/C11H17N3O3/c1-3-8(5-10(15)16)6-12-11(17)9-4-7(2)13-14-9/h4,8H,3,5-6H2,1-2H3,(H,12,17)(H,13,14)(H,15,16). The van der Waals surface area contributed by atoms with E-state index in [4.69, 9.17) is 5.11 Å². The average Bonchev–Trinajstić information content (AvgIpc) is 2.70. The van der Waals surface area contributed by atoms with Crippen molar-refractivity contribution in [3.05, 3.63) is 17.5 Å². The summed E-state index contributed by atoms with van der Waals surface area (Å²) in [7, 11) is 0. The van der Waals surface area contributed by atoms with Gasteiger partial charge < -0.3 is 10.4 Å². The van der Waals surface area contributed by atoms with Crippen LogP contribution < -0.4 is 5.32 Å². The van der Waals surface area contributed by atoms with Gasteiger partial charge in [0, 0.05) is 18.7 Å². The molecule has 0 aromatic carbocycles. The van der Waals surface area contributed by atoms with Crippen LogP contribution in [-0.4, -0.2) is 33.7 Å². The highest BCUT2D eigenvalue weighted by atomic mass is 16.4. The number of aromatic nitrogens is 2. The third kappa shape index (κ3) is 4.26. The van der Waals surface area contributed by atoms with Gasteiger partial charge in [-0.1, -0.05) is 13.3 Å². The van der Waals surface area contributed by atoms with Crippen LogP contribution in [0.2, 0.25) is 0 Å². The molecule has 1 heterocycles. The Morgan fingerprint density at radius 3 is 2.76 bits per heavy atom. The van der Waals surface area contributed by atoms with Gasteiger partial charge in [0.1, 0.15) is 5.69 Å². The minimum atomic E-state index is -0.846. The number of carbonyl (C=O) groups excluding carboxylic acids is 1. The van der Waals surface area contributed by atoms with Crippen LogP contribution in [0.4, 0.5) is 0 Å². The van der Waals surface area contributed by atoms with Crippen molar-refractivity contribution in [1.82, 2.24) is 15.5 Å². The van der Waals surface area contributed by atoms with Crippen molar-refractivity contribution >= 4 is 11.9 Å². The van der Waals surface area contributed by atoms with Crippen LogP contribution in [0, 0.1) is 12.8 Å². The van der Waals surface area contributed by atoms with Crippen molar-refractivity contribution in [3.8, 4) is 0 Å². The lowest BCUT2D eigenvalue weighted by molar-refractivity contribution is -0.138. The number of hydrogen-bond acceptors (Lipinski definition) is 3. The number of carboxylic acids is 1. The fourth-order valence-electron chi connectivity index (χ4n) is 1.47. The summed E-state index contributed by atoms with van der Waals surface area (Å²) in [6.07, 6.45) is 0.780. The number of amides is 1. The number of H-pyrrole nitrogens is 1. The Labute approximate surface area is 99.4 Å². The quantitative estimate of drug-likeness (QED) is 0.688. The first-order valence-electron chi connectivity index (χ1n) is 5.55. The van der Waals surface area contributed by atoms with Crippen molar-refractivity contribution in [2.24, 2.45) is 5.92 Å². The molecule has 1 unspecified atom stereocenters. The third-order valence-corrected chi connectivity index (χ3v) is 2.53. The van der Waals surface area contributed by atoms with Gasteiger partial charge in [-0.2, -0.15) is 5.10 Å². The van der Waals surface area contributed by atoms with Crippen LogP contribution in [0.3, 0.4) is 0 Å². The first-order valence-corrected chi connectivity index (χ1v) is 5.55. The Kier molecular flexibility index (Phi) is 4.68. The molecular formula is C11H17N3O3. The maximum absolute atomic E-state index is 11.6. The molecule has 94 valence electrons. The minimum Gasteiger partial charge on any atom is -0.481 e. The second-order valence-corrected chi connectivity index (χ2v) is 4.02. The van der Waals surface area contributed by atoms with Crippen LogP contribution in [0.1, 0.15) is 35.9 Å². The SMILES string of the molecule is CCC(CNC(=O)c1cc(C)[nH]n1)CC(=O)O. The fourth-order valence-corrected chi connectivity index (χ4v) is 1.47. The maximum atomic E-state index is 11.6. The molecule has 0 bridgehead atoms. The highest BCUT2D eigenvalue weighted by Gasteiger charge is 2.14. The predicted octanol–water partition coefficient (Wildman–Crippen LogP) is 0.949. The summed E-state index contributed by atoms with van der Waals surface area (Å²) in [5.74, 6) is -1.17. The Hall–Kier alpha value is -1.85. The van der Waals surface area contributed by atoms with Gasteiger partial charge in [0.05, 0.1) is 0 Å². The van der Waals surface area contributed by atoms with E-state index < -0.39 is 5.97 Å². The van der Waals surface area contributed by atoms with E-state index in [1.807, 2.05) is 13.8 Å². The number of rotatable bonds is 6. The largest absolute Gasteiger partial charge is 0.481 e. The smallest absolute Gasteiger partial charge is 0.303 e. The van der Waals surface area contributed by atoms with Crippen molar-refractivity contribution in [1.29, 1.82) is 0 Å². The van der Waals surface area contributed by atoms with Gasteiger partial charge in [-0.3, -0.25) is 14.7 Å². The fraction of sp³-hybridized carbons (Fsp3) is 0.545. The van der Waals surface area contributed by atoms with E-state index in [1.165, 1.54) is 0 Å². The summed E-state index contributed by atoms with van der Waals surface area (Å²) >= 11 is 0. The number of hydrogen-bond donors (Lipinski definition) is 3. The minimum absolute atomic E-state index is 0.0449. The zero-order valence-corrected chi connectivity index (χ0v) is 9.99. The van der Waals surface area contributed by atoms with Gasteiger partial charge in [0.2, 0.25) is 0 Å². The van der Waals surface area contributed by atoms with E-state index in [9.17, 15) is 9.59 Å². The van der Waals surface area contributed by atoms with E-state index >= 15 is 0 Å². The number of carboxylic acid groups (broad SMARTS) is 1. The Balaban J connectivity index is 2.44. The van der Waals surface area contributed by atoms with Crippen LogP contribution >= 0.6 is 0 Å². The molecule has 0 radical (unpaired) electrons. The van der Waals surface area contributed by atoms with E-state index in [0.717, 1.165) is 5.69 Å². The topological polar surface area (TPSA) is 95.1 Å². The van der Waals surface area contributed by atoms with E-state index in [1.54, 1.807) is 6.07 Å². The zero-order chi connectivity index (χ0) is 12.8. The summed E-state index contributed by atoms with van der Waals surface area (Å²) < 4.78 is 0. The molecule has 6 nitrogen and oxygen atoms in total. The Morgan fingerprint density at radius 1 is 1.59 bits per heavy atom. The lowest BCUT2D eigenvalue weighted by Gasteiger charge is -2.12. The van der Waals surface area contributed by atoms with Crippen molar-refractivity contribution in [3.63, 3.8) is 0 Å². The zero-order valence-electron chi connectivity index (χ0n) is 9.99. The summed E-state index contributed by atoms with van der Waals surface area (Å²) in [6.45, 7) is 4.06. The van der Waals surface area contributed by atoms with Gasteiger partial charge in [-0.25, -0.2) is 0 Å². The molecule has 1 atom stereocenters. The van der Waals surface area contributed by atoms with Crippen LogP contribution in [-0.2, 0) is 4.79 Å². The number of nitrogens with zero attached hydrogens (tertiary/aromatic N) is 1. The van der Waals surface area contributed by atoms with Crippen molar-refractivity contribution in [2.45, 2.75) is 26.7 Å². The van der Waals surface area contributed by atoms with Crippen LogP contribution in [0.15, 0.2) is 6.07 Å². The monoisotopic (exact) mass is 239 g/mol. The lowest BCUT2D eigenvalue weighted by Crippen LogP contribution is -2.30. The number of aryl methyl sites for hydroxylation is 1. The maximum Gasteiger partial charge on any atom is 0.303 e. The molecule has 1 rings (SSSR count). The molecule has 1 aromatic heterocycles. The van der Waals surface area contributed by atoms with Gasteiger partial charge in [0.15, 0.2) is 0 Å². The number of carbonyl (C=O) groups is 2. The molecule has 0 aliphatic rings. The lowest BCUT2D eigenvalue weighted by atomic mass is 10.0. The molecule has 3 N–H and O–H groups in total. The van der Waals surface area contributed by atoms with E-state index in [-0.39, 0.29) is 18.2 Å². The van der Waals surface area contributed by atoms with E-state index in [2.05, 4.69) is 15.5 Å². The molecule has 0 aliphatic heterocycles. The predicted molar refractivity (Wildman–Crippen MR) is 61.7 cm³/mol. The van der Waals surface area contributed by atoms with Crippen molar-refractivity contribution < 1.29 is 14.7 Å².